The van der Waals surface area contributed by atoms with Gasteiger partial charge in [-0.05, 0) is 47.2 Å². The summed E-state index contributed by atoms with van der Waals surface area (Å²) in [5.41, 5.74) is 7.22. The van der Waals surface area contributed by atoms with Crippen LogP contribution in [0.4, 0.5) is 0 Å². The number of fused-ring (bicyclic) bond motifs is 1. The molecule has 0 saturated heterocycles. The van der Waals surface area contributed by atoms with Crippen LogP contribution in [0.25, 0.3) is 11.6 Å². The highest BCUT2D eigenvalue weighted by atomic mass is 14.7. The van der Waals surface area contributed by atoms with Crippen molar-refractivity contribution in [2.45, 2.75) is 45.4 Å². The smallest absolute Gasteiger partial charge is 0.0451 e. The minimum absolute atomic E-state index is 0.561. The predicted octanol–water partition coefficient (Wildman–Crippen LogP) is 5.41. The van der Waals surface area contributed by atoms with E-state index in [0.717, 1.165) is 6.42 Å². The molecule has 1 heterocycles. The first-order valence-electron chi connectivity index (χ1n) is 7.82. The first-order valence-corrected chi connectivity index (χ1v) is 7.82. The molecule has 1 atom stereocenters. The molecule has 1 aromatic carbocycles. The molecular weight excluding hydrogens is 242 g/mol. The zero-order valence-corrected chi connectivity index (χ0v) is 12.4. The van der Waals surface area contributed by atoms with Gasteiger partial charge in [-0.1, -0.05) is 51.0 Å². The lowest BCUT2D eigenvalue weighted by atomic mass is 9.88. The molecule has 0 amide bonds. The molecule has 0 radical (unpaired) electrons. The van der Waals surface area contributed by atoms with Crippen LogP contribution in [0.2, 0.25) is 0 Å². The van der Waals surface area contributed by atoms with E-state index in [1.165, 1.54) is 47.2 Å². The molecule has 1 aliphatic carbocycles. The minimum Gasteiger partial charge on any atom is -0.361 e. The number of benzene rings is 1. The van der Waals surface area contributed by atoms with Gasteiger partial charge in [-0.2, -0.15) is 0 Å². The molecule has 20 heavy (non-hydrogen) atoms. The van der Waals surface area contributed by atoms with E-state index in [9.17, 15) is 0 Å². The Labute approximate surface area is 121 Å². The van der Waals surface area contributed by atoms with Crippen molar-refractivity contribution in [3.05, 3.63) is 58.9 Å². The Hall–Kier alpha value is -1.76. The normalized spacial score (nSPS) is 17.1. The summed E-state index contributed by atoms with van der Waals surface area (Å²) in [5.74, 6) is 0.561. The number of hydrogen-bond donors (Lipinski definition) is 1. The van der Waals surface area contributed by atoms with Crippen molar-refractivity contribution in [1.82, 2.24) is 4.98 Å². The summed E-state index contributed by atoms with van der Waals surface area (Å²) in [4.78, 5) is 3.49. The van der Waals surface area contributed by atoms with E-state index < -0.39 is 0 Å². The largest absolute Gasteiger partial charge is 0.361 e. The summed E-state index contributed by atoms with van der Waals surface area (Å²) in [5, 5.41) is 0. The number of aromatic amines is 1. The van der Waals surface area contributed by atoms with Gasteiger partial charge in [0.05, 0.1) is 0 Å². The lowest BCUT2D eigenvalue weighted by molar-refractivity contribution is 0.734. The number of aryl methyl sites for hydroxylation is 1. The third-order valence-corrected chi connectivity index (χ3v) is 4.28. The van der Waals surface area contributed by atoms with Crippen molar-refractivity contribution in [3.63, 3.8) is 0 Å². The molecule has 2 aromatic rings. The van der Waals surface area contributed by atoms with Crippen LogP contribution in [0.5, 0.6) is 0 Å². The lowest BCUT2D eigenvalue weighted by Gasteiger charge is -2.16. The summed E-state index contributed by atoms with van der Waals surface area (Å²) < 4.78 is 0. The molecule has 0 aliphatic heterocycles. The summed E-state index contributed by atoms with van der Waals surface area (Å²) in [7, 11) is 0. The molecule has 1 N–H and O–H groups in total. The van der Waals surface area contributed by atoms with Crippen molar-refractivity contribution in [1.29, 1.82) is 0 Å². The fourth-order valence-corrected chi connectivity index (χ4v) is 3.39. The van der Waals surface area contributed by atoms with E-state index in [-0.39, 0.29) is 0 Å². The molecule has 1 unspecified atom stereocenters. The van der Waals surface area contributed by atoms with Gasteiger partial charge < -0.3 is 4.98 Å². The SMILES string of the molecule is CCCc1cc[nH]c1C1=Cc2ccccc2C1CCC. The fourth-order valence-electron chi connectivity index (χ4n) is 3.39. The van der Waals surface area contributed by atoms with Gasteiger partial charge in [0.25, 0.3) is 0 Å². The third kappa shape index (κ3) is 2.22. The van der Waals surface area contributed by atoms with Crippen LogP contribution in [0.1, 0.15) is 61.4 Å². The van der Waals surface area contributed by atoms with Gasteiger partial charge in [-0.25, -0.2) is 0 Å². The lowest BCUT2D eigenvalue weighted by Crippen LogP contribution is -2.00. The minimum atomic E-state index is 0.561. The Kier molecular flexibility index (Phi) is 3.77. The summed E-state index contributed by atoms with van der Waals surface area (Å²) in [6.45, 7) is 4.53. The zero-order valence-electron chi connectivity index (χ0n) is 12.4. The van der Waals surface area contributed by atoms with E-state index in [0.29, 0.717) is 5.92 Å². The van der Waals surface area contributed by atoms with E-state index in [2.05, 4.69) is 61.4 Å². The Morgan fingerprint density at radius 1 is 1.05 bits per heavy atom. The van der Waals surface area contributed by atoms with Gasteiger partial charge in [0.15, 0.2) is 0 Å². The highest BCUT2D eigenvalue weighted by Gasteiger charge is 2.26. The maximum Gasteiger partial charge on any atom is 0.0451 e. The molecule has 1 nitrogen and oxygen atoms in total. The Morgan fingerprint density at radius 2 is 1.90 bits per heavy atom. The molecule has 1 aromatic heterocycles. The van der Waals surface area contributed by atoms with Crippen molar-refractivity contribution in [2.24, 2.45) is 0 Å². The van der Waals surface area contributed by atoms with Crippen molar-refractivity contribution in [2.75, 3.05) is 0 Å². The Morgan fingerprint density at radius 3 is 2.70 bits per heavy atom. The molecule has 104 valence electrons. The molecule has 1 heteroatoms. The van der Waals surface area contributed by atoms with E-state index in [4.69, 9.17) is 0 Å². The first-order chi connectivity index (χ1) is 9.85. The number of nitrogens with one attached hydrogen (secondary N) is 1. The van der Waals surface area contributed by atoms with E-state index in [1.807, 2.05) is 0 Å². The Bertz CT molecular complexity index is 618. The summed E-state index contributed by atoms with van der Waals surface area (Å²) in [6.07, 6.45) is 9.29. The van der Waals surface area contributed by atoms with Crippen molar-refractivity contribution in [3.8, 4) is 0 Å². The maximum atomic E-state index is 3.49. The summed E-state index contributed by atoms with van der Waals surface area (Å²) >= 11 is 0. The summed E-state index contributed by atoms with van der Waals surface area (Å²) in [6, 6.07) is 11.1. The van der Waals surface area contributed by atoms with Crippen molar-refractivity contribution < 1.29 is 0 Å². The second kappa shape index (κ2) is 5.70. The zero-order chi connectivity index (χ0) is 13.9. The van der Waals surface area contributed by atoms with E-state index >= 15 is 0 Å². The number of aromatic nitrogens is 1. The molecule has 0 fully saturated rings. The second-order valence-corrected chi connectivity index (χ2v) is 5.70. The number of H-pyrrole nitrogens is 1. The van der Waals surface area contributed by atoms with E-state index in [1.54, 1.807) is 0 Å². The van der Waals surface area contributed by atoms with Crippen LogP contribution in [0.15, 0.2) is 36.5 Å². The van der Waals surface area contributed by atoms with Gasteiger partial charge in [-0.15, -0.1) is 0 Å². The molecule has 0 saturated carbocycles. The fraction of sp³-hybridized carbons (Fsp3) is 0.368. The number of hydrogen-bond acceptors (Lipinski definition) is 0. The number of allylic oxidation sites excluding steroid dienone is 1. The van der Waals surface area contributed by atoms with Crippen LogP contribution in [-0.2, 0) is 6.42 Å². The molecule has 0 bridgehead atoms. The van der Waals surface area contributed by atoms with Crippen molar-refractivity contribution >= 4 is 11.6 Å². The first kappa shape index (κ1) is 13.2. The quantitative estimate of drug-likeness (QED) is 0.744. The molecule has 0 spiro atoms. The monoisotopic (exact) mass is 265 g/mol. The van der Waals surface area contributed by atoms with Crippen LogP contribution < -0.4 is 0 Å². The standard InChI is InChI=1S/C19H23N/c1-3-7-14-11-12-20-19(14)18-13-15-9-5-6-10-16(15)17(18)8-4-2/h5-6,9-13,17,20H,3-4,7-8H2,1-2H3. The molecule has 1 aliphatic rings. The van der Waals surface area contributed by atoms with Crippen LogP contribution in [0, 0.1) is 0 Å². The maximum absolute atomic E-state index is 3.49. The number of rotatable bonds is 5. The topological polar surface area (TPSA) is 15.8 Å². The van der Waals surface area contributed by atoms with Gasteiger partial charge >= 0.3 is 0 Å². The van der Waals surface area contributed by atoms with Crippen LogP contribution >= 0.6 is 0 Å². The average Bonchev–Trinajstić information content (AvgIpc) is 3.05. The van der Waals surface area contributed by atoms with Crippen LogP contribution in [0.3, 0.4) is 0 Å². The highest BCUT2D eigenvalue weighted by molar-refractivity contribution is 5.91. The third-order valence-electron chi connectivity index (χ3n) is 4.28. The van der Waals surface area contributed by atoms with Gasteiger partial charge in [0.2, 0.25) is 0 Å². The molecular formula is C19H23N. The molecule has 3 rings (SSSR count). The van der Waals surface area contributed by atoms with Crippen LogP contribution in [-0.4, -0.2) is 4.98 Å². The highest BCUT2D eigenvalue weighted by Crippen LogP contribution is 2.44. The second-order valence-electron chi connectivity index (χ2n) is 5.70. The van der Waals surface area contributed by atoms with Gasteiger partial charge in [0.1, 0.15) is 0 Å². The van der Waals surface area contributed by atoms with Gasteiger partial charge in [-0.3, -0.25) is 0 Å². The predicted molar refractivity (Wildman–Crippen MR) is 86.7 cm³/mol. The Balaban J connectivity index is 2.02. The van der Waals surface area contributed by atoms with Gasteiger partial charge in [0, 0.05) is 17.8 Å². The average molecular weight is 265 g/mol.